The van der Waals surface area contributed by atoms with Gasteiger partial charge in [0.05, 0.1) is 24.1 Å². The third kappa shape index (κ3) is 5.35. The van der Waals surface area contributed by atoms with Gasteiger partial charge in [0, 0.05) is 33.4 Å². The van der Waals surface area contributed by atoms with Crippen LogP contribution in [0.25, 0.3) is 22.6 Å². The molecule has 3 aromatic heterocycles. The van der Waals surface area contributed by atoms with Crippen molar-refractivity contribution in [2.45, 2.75) is 37.6 Å². The summed E-state index contributed by atoms with van der Waals surface area (Å²) in [5.41, 5.74) is 2.94. The maximum absolute atomic E-state index is 12.6. The smallest absolute Gasteiger partial charge is 0.236 e. The molecule has 1 amide bonds. The standard InChI is InChI=1S/C23H23N5O2S3/c1-15-10-17(12-31-15)21-26-27-23(28(21)11-18-8-5-9-30-18)33-14-20(29)25-22-24-19(13-32-22)16-6-3-2-4-7-16/h2-4,6-7,10,12-13,18H,5,8-9,11,14H2,1H3,(H,24,25,29). The topological polar surface area (TPSA) is 81.9 Å². The van der Waals surface area contributed by atoms with E-state index in [-0.39, 0.29) is 17.8 Å². The van der Waals surface area contributed by atoms with Crippen LogP contribution in [0.4, 0.5) is 5.13 Å². The molecule has 0 bridgehead atoms. The van der Waals surface area contributed by atoms with Gasteiger partial charge in [-0.3, -0.25) is 9.36 Å². The number of carbonyl (C=O) groups excluding carboxylic acids is 1. The number of hydrogen-bond donors (Lipinski definition) is 1. The second-order valence-corrected chi connectivity index (χ2v) is 10.7. The van der Waals surface area contributed by atoms with E-state index in [0.29, 0.717) is 11.7 Å². The van der Waals surface area contributed by atoms with Crippen LogP contribution in [0.2, 0.25) is 0 Å². The van der Waals surface area contributed by atoms with Gasteiger partial charge in [0.2, 0.25) is 5.91 Å². The fraction of sp³-hybridized carbons (Fsp3) is 0.304. The lowest BCUT2D eigenvalue weighted by atomic mass is 10.2. The highest BCUT2D eigenvalue weighted by Crippen LogP contribution is 2.30. The number of nitrogens with one attached hydrogen (secondary N) is 1. The molecule has 1 unspecified atom stereocenters. The largest absolute Gasteiger partial charge is 0.376 e. The Morgan fingerprint density at radius 1 is 1.21 bits per heavy atom. The second kappa shape index (κ2) is 10.2. The fourth-order valence-electron chi connectivity index (χ4n) is 3.68. The Bertz CT molecular complexity index is 1230. The van der Waals surface area contributed by atoms with Crippen LogP contribution >= 0.6 is 34.4 Å². The minimum Gasteiger partial charge on any atom is -0.376 e. The van der Waals surface area contributed by atoms with Crippen molar-refractivity contribution in [2.24, 2.45) is 0 Å². The highest BCUT2D eigenvalue weighted by atomic mass is 32.2. The van der Waals surface area contributed by atoms with Crippen LogP contribution in [-0.2, 0) is 16.1 Å². The Morgan fingerprint density at radius 2 is 2.09 bits per heavy atom. The molecule has 170 valence electrons. The van der Waals surface area contributed by atoms with Gasteiger partial charge in [-0.1, -0.05) is 42.1 Å². The maximum Gasteiger partial charge on any atom is 0.236 e. The average molecular weight is 498 g/mol. The van der Waals surface area contributed by atoms with E-state index in [0.717, 1.165) is 47.3 Å². The minimum atomic E-state index is -0.117. The summed E-state index contributed by atoms with van der Waals surface area (Å²) in [6, 6.07) is 12.0. The van der Waals surface area contributed by atoms with Crippen LogP contribution in [-0.4, -0.2) is 44.1 Å². The molecule has 0 spiro atoms. The first-order valence-electron chi connectivity index (χ1n) is 10.7. The number of ether oxygens (including phenoxy) is 1. The molecule has 1 atom stereocenters. The number of nitrogens with zero attached hydrogens (tertiary/aromatic N) is 4. The molecule has 1 saturated heterocycles. The number of anilines is 1. The molecule has 1 aliphatic rings. The van der Waals surface area contributed by atoms with Crippen LogP contribution in [0.5, 0.6) is 0 Å². The van der Waals surface area contributed by atoms with Gasteiger partial charge in [-0.25, -0.2) is 4.98 Å². The number of thiophene rings is 1. The van der Waals surface area contributed by atoms with E-state index in [4.69, 9.17) is 4.74 Å². The summed E-state index contributed by atoms with van der Waals surface area (Å²) in [6.07, 6.45) is 2.25. The molecule has 1 aromatic carbocycles. The van der Waals surface area contributed by atoms with Gasteiger partial charge >= 0.3 is 0 Å². The van der Waals surface area contributed by atoms with Gasteiger partial charge in [-0.15, -0.1) is 32.9 Å². The predicted octanol–water partition coefficient (Wildman–Crippen LogP) is 5.35. The molecule has 1 N–H and O–H groups in total. The predicted molar refractivity (Wildman–Crippen MR) is 134 cm³/mol. The zero-order valence-electron chi connectivity index (χ0n) is 18.1. The van der Waals surface area contributed by atoms with Crippen molar-refractivity contribution in [1.29, 1.82) is 0 Å². The molecule has 0 aliphatic carbocycles. The lowest BCUT2D eigenvalue weighted by molar-refractivity contribution is -0.113. The molecule has 0 saturated carbocycles. The van der Waals surface area contributed by atoms with E-state index in [9.17, 15) is 4.79 Å². The molecule has 1 aliphatic heterocycles. The van der Waals surface area contributed by atoms with E-state index in [2.05, 4.69) is 43.4 Å². The number of aromatic nitrogens is 4. The van der Waals surface area contributed by atoms with Crippen LogP contribution in [0.3, 0.4) is 0 Å². The van der Waals surface area contributed by atoms with E-state index in [1.807, 2.05) is 35.7 Å². The molecule has 10 heteroatoms. The summed E-state index contributed by atoms with van der Waals surface area (Å²) in [4.78, 5) is 18.4. The Morgan fingerprint density at radius 3 is 2.85 bits per heavy atom. The average Bonchev–Trinajstić information content (AvgIpc) is 3.62. The third-order valence-electron chi connectivity index (χ3n) is 5.27. The molecule has 4 heterocycles. The molecule has 1 fully saturated rings. The molecule has 4 aromatic rings. The first-order valence-corrected chi connectivity index (χ1v) is 13.4. The Hall–Kier alpha value is -2.53. The van der Waals surface area contributed by atoms with Crippen molar-refractivity contribution in [3.05, 3.63) is 52.0 Å². The minimum absolute atomic E-state index is 0.117. The Balaban J connectivity index is 1.26. The summed E-state index contributed by atoms with van der Waals surface area (Å²) < 4.78 is 7.94. The molecule has 33 heavy (non-hydrogen) atoms. The number of thiazole rings is 1. The summed E-state index contributed by atoms with van der Waals surface area (Å²) in [7, 11) is 0. The Kier molecular flexibility index (Phi) is 6.86. The van der Waals surface area contributed by atoms with E-state index >= 15 is 0 Å². The van der Waals surface area contributed by atoms with Gasteiger partial charge in [0.15, 0.2) is 16.1 Å². The summed E-state index contributed by atoms with van der Waals surface area (Å²) in [5, 5.41) is 17.1. The van der Waals surface area contributed by atoms with E-state index < -0.39 is 0 Å². The van der Waals surface area contributed by atoms with Gasteiger partial charge in [-0.2, -0.15) is 0 Å². The van der Waals surface area contributed by atoms with Crippen molar-refractivity contribution in [1.82, 2.24) is 19.7 Å². The molecule has 5 rings (SSSR count). The molecule has 0 radical (unpaired) electrons. The number of rotatable bonds is 8. The van der Waals surface area contributed by atoms with Gasteiger partial charge in [0.25, 0.3) is 0 Å². The number of amides is 1. The van der Waals surface area contributed by atoms with Gasteiger partial charge in [-0.05, 0) is 25.8 Å². The highest BCUT2D eigenvalue weighted by molar-refractivity contribution is 7.99. The van der Waals surface area contributed by atoms with Crippen molar-refractivity contribution in [3.8, 4) is 22.6 Å². The highest BCUT2D eigenvalue weighted by Gasteiger charge is 2.22. The zero-order chi connectivity index (χ0) is 22.6. The summed E-state index contributed by atoms with van der Waals surface area (Å²) in [5.74, 6) is 0.936. The van der Waals surface area contributed by atoms with Gasteiger partial charge < -0.3 is 10.1 Å². The third-order valence-corrected chi connectivity index (χ3v) is 7.85. The molecular weight excluding hydrogens is 474 g/mol. The van der Waals surface area contributed by atoms with Crippen LogP contribution < -0.4 is 5.32 Å². The van der Waals surface area contributed by atoms with Crippen LogP contribution in [0.15, 0.2) is 52.3 Å². The monoisotopic (exact) mass is 497 g/mol. The Labute approximate surface area is 204 Å². The second-order valence-electron chi connectivity index (χ2n) is 7.74. The first-order chi connectivity index (χ1) is 16.2. The van der Waals surface area contributed by atoms with E-state index in [1.165, 1.54) is 28.0 Å². The lowest BCUT2D eigenvalue weighted by Gasteiger charge is -2.14. The normalized spacial score (nSPS) is 15.7. The number of thioether (sulfide) groups is 1. The van der Waals surface area contributed by atoms with Crippen molar-refractivity contribution >= 4 is 45.5 Å². The SMILES string of the molecule is Cc1cc(-c2nnc(SCC(=O)Nc3nc(-c4ccccc4)cs3)n2CC2CCCO2)cs1. The van der Waals surface area contributed by atoms with Crippen LogP contribution in [0.1, 0.15) is 17.7 Å². The lowest BCUT2D eigenvalue weighted by Crippen LogP contribution is -2.18. The molecule has 7 nitrogen and oxygen atoms in total. The maximum atomic E-state index is 12.6. The quantitative estimate of drug-likeness (QED) is 0.331. The number of aryl methyl sites for hydroxylation is 1. The number of benzene rings is 1. The van der Waals surface area contributed by atoms with Gasteiger partial charge in [0.1, 0.15) is 0 Å². The van der Waals surface area contributed by atoms with Crippen molar-refractivity contribution in [3.63, 3.8) is 0 Å². The van der Waals surface area contributed by atoms with Crippen molar-refractivity contribution < 1.29 is 9.53 Å². The molecular formula is C23H23N5O2S3. The summed E-state index contributed by atoms with van der Waals surface area (Å²) >= 11 is 4.50. The fourth-order valence-corrected chi connectivity index (χ4v) is 5.85. The first kappa shape index (κ1) is 22.3. The van der Waals surface area contributed by atoms with Crippen LogP contribution in [0, 0.1) is 6.92 Å². The summed E-state index contributed by atoms with van der Waals surface area (Å²) in [6.45, 7) is 3.56. The number of hydrogen-bond acceptors (Lipinski definition) is 8. The van der Waals surface area contributed by atoms with E-state index in [1.54, 1.807) is 11.3 Å². The van der Waals surface area contributed by atoms with Crippen molar-refractivity contribution in [2.75, 3.05) is 17.7 Å². The zero-order valence-corrected chi connectivity index (χ0v) is 20.5. The number of carbonyl (C=O) groups is 1.